The summed E-state index contributed by atoms with van der Waals surface area (Å²) in [5, 5.41) is 0. The average Bonchev–Trinajstić information content (AvgIpc) is 2.33. The molecule has 2 aromatic rings. The summed E-state index contributed by atoms with van der Waals surface area (Å²) in [5.74, 6) is -0.320. The summed E-state index contributed by atoms with van der Waals surface area (Å²) in [6.07, 6.45) is 5.69. The quantitative estimate of drug-likeness (QED) is 0.706. The molecule has 74 valence electrons. The molecular formula is C12H10N2O. The number of carbonyl (C=O) groups excluding carboxylic acids is 1. The lowest BCUT2D eigenvalue weighted by Crippen LogP contribution is -2.04. The monoisotopic (exact) mass is 198 g/mol. The van der Waals surface area contributed by atoms with Crippen LogP contribution in [0.2, 0.25) is 0 Å². The summed E-state index contributed by atoms with van der Waals surface area (Å²) in [6.45, 7) is 0. The lowest BCUT2D eigenvalue weighted by Gasteiger charge is -2.08. The smallest absolute Gasteiger partial charge is 0.133 e. The van der Waals surface area contributed by atoms with E-state index in [4.69, 9.17) is 0 Å². The van der Waals surface area contributed by atoms with Crippen LogP contribution in [0.5, 0.6) is 0 Å². The minimum absolute atomic E-state index is 0.320. The molecule has 0 aliphatic heterocycles. The normalized spacial score (nSPS) is 12.0. The zero-order valence-electron chi connectivity index (χ0n) is 8.08. The Morgan fingerprint density at radius 2 is 1.93 bits per heavy atom. The van der Waals surface area contributed by atoms with Gasteiger partial charge in [-0.2, -0.15) is 0 Å². The summed E-state index contributed by atoms with van der Waals surface area (Å²) in [5.41, 5.74) is 1.62. The van der Waals surface area contributed by atoms with Crippen LogP contribution in [-0.2, 0) is 4.79 Å². The molecule has 3 nitrogen and oxygen atoms in total. The van der Waals surface area contributed by atoms with Crippen molar-refractivity contribution in [2.75, 3.05) is 0 Å². The number of carbonyl (C=O) groups is 1. The Balaban J connectivity index is 2.38. The predicted molar refractivity (Wildman–Crippen MR) is 56.4 cm³/mol. The summed E-state index contributed by atoms with van der Waals surface area (Å²) in [6, 6.07) is 9.55. The number of aldehydes is 1. The van der Waals surface area contributed by atoms with Gasteiger partial charge in [-0.25, -0.2) is 0 Å². The first-order chi connectivity index (χ1) is 7.42. The van der Waals surface area contributed by atoms with E-state index in [0.29, 0.717) is 5.69 Å². The number of rotatable bonds is 3. The molecular weight excluding hydrogens is 188 g/mol. The maximum absolute atomic E-state index is 11.0. The molecule has 0 radical (unpaired) electrons. The molecule has 1 aromatic heterocycles. The second-order valence-corrected chi connectivity index (χ2v) is 3.15. The molecule has 1 heterocycles. The predicted octanol–water partition coefficient (Wildman–Crippen LogP) is 1.81. The Morgan fingerprint density at radius 1 is 1.13 bits per heavy atom. The molecule has 0 aliphatic rings. The molecule has 0 saturated carbocycles. The van der Waals surface area contributed by atoms with Gasteiger partial charge in [0.15, 0.2) is 0 Å². The van der Waals surface area contributed by atoms with Crippen molar-refractivity contribution in [3.8, 4) is 0 Å². The maximum atomic E-state index is 11.0. The lowest BCUT2D eigenvalue weighted by atomic mass is 9.98. The van der Waals surface area contributed by atoms with Crippen molar-refractivity contribution in [2.45, 2.75) is 5.92 Å². The van der Waals surface area contributed by atoms with E-state index in [1.807, 2.05) is 30.3 Å². The standard InChI is InChI=1S/C12H10N2O/c15-9-11(10-4-2-1-3-5-10)12-8-13-6-7-14-12/h1-9,11H. The molecule has 3 heteroatoms. The zero-order valence-corrected chi connectivity index (χ0v) is 8.08. The Hall–Kier alpha value is -2.03. The topological polar surface area (TPSA) is 42.9 Å². The number of hydrogen-bond acceptors (Lipinski definition) is 3. The fourth-order valence-electron chi connectivity index (χ4n) is 1.45. The molecule has 0 spiro atoms. The first-order valence-electron chi connectivity index (χ1n) is 4.68. The van der Waals surface area contributed by atoms with E-state index < -0.39 is 0 Å². The highest BCUT2D eigenvalue weighted by Crippen LogP contribution is 2.19. The fourth-order valence-corrected chi connectivity index (χ4v) is 1.45. The van der Waals surface area contributed by atoms with E-state index in [2.05, 4.69) is 9.97 Å². The van der Waals surface area contributed by atoms with E-state index in [0.717, 1.165) is 11.8 Å². The van der Waals surface area contributed by atoms with Gasteiger partial charge in [0, 0.05) is 18.6 Å². The third-order valence-corrected chi connectivity index (χ3v) is 2.20. The van der Waals surface area contributed by atoms with Gasteiger partial charge in [-0.3, -0.25) is 9.97 Å². The van der Waals surface area contributed by atoms with Gasteiger partial charge in [0.25, 0.3) is 0 Å². The van der Waals surface area contributed by atoms with E-state index in [1.165, 1.54) is 0 Å². The van der Waals surface area contributed by atoms with Gasteiger partial charge in [0.1, 0.15) is 6.29 Å². The zero-order chi connectivity index (χ0) is 10.5. The Labute approximate surface area is 87.8 Å². The highest BCUT2D eigenvalue weighted by atomic mass is 16.1. The molecule has 0 saturated heterocycles. The molecule has 0 bridgehead atoms. The first-order valence-corrected chi connectivity index (χ1v) is 4.68. The van der Waals surface area contributed by atoms with Crippen LogP contribution in [-0.4, -0.2) is 16.3 Å². The van der Waals surface area contributed by atoms with Gasteiger partial charge in [-0.05, 0) is 5.56 Å². The van der Waals surface area contributed by atoms with Gasteiger partial charge in [-0.1, -0.05) is 30.3 Å². The maximum Gasteiger partial charge on any atom is 0.133 e. The molecule has 1 unspecified atom stereocenters. The van der Waals surface area contributed by atoms with Crippen molar-refractivity contribution in [1.82, 2.24) is 9.97 Å². The third kappa shape index (κ3) is 2.07. The van der Waals surface area contributed by atoms with E-state index >= 15 is 0 Å². The summed E-state index contributed by atoms with van der Waals surface area (Å²) < 4.78 is 0. The van der Waals surface area contributed by atoms with Gasteiger partial charge in [0.2, 0.25) is 0 Å². The van der Waals surface area contributed by atoms with Crippen molar-refractivity contribution < 1.29 is 4.79 Å². The van der Waals surface area contributed by atoms with Crippen LogP contribution in [0.15, 0.2) is 48.9 Å². The van der Waals surface area contributed by atoms with Gasteiger partial charge in [0.05, 0.1) is 11.6 Å². The van der Waals surface area contributed by atoms with Crippen LogP contribution in [0.1, 0.15) is 17.2 Å². The number of hydrogen-bond donors (Lipinski definition) is 0. The Bertz CT molecular complexity index is 388. The number of benzene rings is 1. The van der Waals surface area contributed by atoms with Crippen molar-refractivity contribution in [3.63, 3.8) is 0 Å². The van der Waals surface area contributed by atoms with Crippen LogP contribution in [0.25, 0.3) is 0 Å². The Kier molecular flexibility index (Phi) is 2.83. The van der Waals surface area contributed by atoms with Gasteiger partial charge in [-0.15, -0.1) is 0 Å². The second-order valence-electron chi connectivity index (χ2n) is 3.15. The highest BCUT2D eigenvalue weighted by Gasteiger charge is 2.13. The summed E-state index contributed by atoms with van der Waals surface area (Å²) >= 11 is 0. The molecule has 0 aliphatic carbocycles. The molecule has 0 amide bonds. The van der Waals surface area contributed by atoms with Crippen molar-refractivity contribution in [3.05, 3.63) is 60.2 Å². The van der Waals surface area contributed by atoms with Crippen molar-refractivity contribution in [2.24, 2.45) is 0 Å². The van der Waals surface area contributed by atoms with Gasteiger partial charge < -0.3 is 4.79 Å². The van der Waals surface area contributed by atoms with Crippen LogP contribution in [0, 0.1) is 0 Å². The fraction of sp³-hybridized carbons (Fsp3) is 0.0833. The number of nitrogens with zero attached hydrogens (tertiary/aromatic N) is 2. The third-order valence-electron chi connectivity index (χ3n) is 2.20. The van der Waals surface area contributed by atoms with E-state index in [-0.39, 0.29) is 5.92 Å². The van der Waals surface area contributed by atoms with Crippen molar-refractivity contribution in [1.29, 1.82) is 0 Å². The second kappa shape index (κ2) is 4.46. The van der Waals surface area contributed by atoms with Gasteiger partial charge >= 0.3 is 0 Å². The van der Waals surface area contributed by atoms with E-state index in [1.54, 1.807) is 18.6 Å². The summed E-state index contributed by atoms with van der Waals surface area (Å²) in [4.78, 5) is 19.1. The largest absolute Gasteiger partial charge is 0.302 e. The Morgan fingerprint density at radius 3 is 2.53 bits per heavy atom. The average molecular weight is 198 g/mol. The lowest BCUT2D eigenvalue weighted by molar-refractivity contribution is -0.108. The van der Waals surface area contributed by atoms with Crippen LogP contribution >= 0.6 is 0 Å². The SMILES string of the molecule is O=CC(c1ccccc1)c1cnccn1. The minimum Gasteiger partial charge on any atom is -0.302 e. The summed E-state index contributed by atoms with van der Waals surface area (Å²) in [7, 11) is 0. The molecule has 0 N–H and O–H groups in total. The first kappa shape index (κ1) is 9.52. The minimum atomic E-state index is -0.320. The molecule has 0 fully saturated rings. The molecule has 15 heavy (non-hydrogen) atoms. The highest BCUT2D eigenvalue weighted by molar-refractivity contribution is 5.66. The molecule has 1 aromatic carbocycles. The van der Waals surface area contributed by atoms with E-state index in [9.17, 15) is 4.79 Å². The number of aromatic nitrogens is 2. The van der Waals surface area contributed by atoms with Crippen LogP contribution in [0.3, 0.4) is 0 Å². The van der Waals surface area contributed by atoms with Crippen LogP contribution in [0.4, 0.5) is 0 Å². The molecule has 1 atom stereocenters. The van der Waals surface area contributed by atoms with Crippen LogP contribution < -0.4 is 0 Å². The van der Waals surface area contributed by atoms with Crippen molar-refractivity contribution >= 4 is 6.29 Å². The molecule has 2 rings (SSSR count).